The minimum absolute atomic E-state index is 0.0162. The predicted octanol–water partition coefficient (Wildman–Crippen LogP) is 5.43. The molecule has 3 aromatic rings. The highest BCUT2D eigenvalue weighted by molar-refractivity contribution is 5.66. The highest BCUT2D eigenvalue weighted by Gasteiger charge is 2.35. The van der Waals surface area contributed by atoms with Crippen LogP contribution in [-0.2, 0) is 23.9 Å². The molecule has 0 aliphatic carbocycles. The Morgan fingerprint density at radius 2 is 1.87 bits per heavy atom. The molecule has 0 spiro atoms. The molecule has 0 amide bonds. The number of rotatable bonds is 4. The number of aromatic nitrogens is 3. The Balaban J connectivity index is 1.89. The number of hydrogen-bond acceptors (Lipinski definition) is 4. The summed E-state index contributed by atoms with van der Waals surface area (Å²) in [5.74, 6) is -0.200. The number of fused-ring (bicyclic) bond motifs is 1. The van der Waals surface area contributed by atoms with E-state index in [0.29, 0.717) is 18.7 Å². The summed E-state index contributed by atoms with van der Waals surface area (Å²) in [6.45, 7) is 8.00. The molecule has 0 saturated heterocycles. The Morgan fingerprint density at radius 1 is 1.16 bits per heavy atom. The molecule has 1 atom stereocenters. The van der Waals surface area contributed by atoms with Gasteiger partial charge in [0.2, 0.25) is 0 Å². The molecule has 1 aliphatic heterocycles. The Hall–Kier alpha value is -2.87. The lowest BCUT2D eigenvalue weighted by atomic mass is 10.0. The van der Waals surface area contributed by atoms with Crippen LogP contribution in [0.3, 0.4) is 0 Å². The molecule has 5 nitrogen and oxygen atoms in total. The summed E-state index contributed by atoms with van der Waals surface area (Å²) in [6, 6.07) is 7.81. The Labute approximate surface area is 178 Å². The smallest absolute Gasteiger partial charge is 0.419 e. The minimum atomic E-state index is -4.49. The van der Waals surface area contributed by atoms with E-state index in [1.807, 2.05) is 32.9 Å². The van der Waals surface area contributed by atoms with Crippen molar-refractivity contribution < 1.29 is 22.6 Å². The largest absolute Gasteiger partial charge is 0.493 e. The highest BCUT2D eigenvalue weighted by atomic mass is 19.4. The molecule has 1 aromatic carbocycles. The van der Waals surface area contributed by atoms with E-state index >= 15 is 0 Å². The van der Waals surface area contributed by atoms with Crippen LogP contribution < -0.4 is 4.74 Å². The van der Waals surface area contributed by atoms with Crippen LogP contribution in [0, 0.1) is 13.8 Å². The number of hydrogen-bond donors (Lipinski definition) is 0. The lowest BCUT2D eigenvalue weighted by molar-refractivity contribution is -0.138. The SMILES string of the molecule is CCOc1cc(-n2nc(-c3cc(C)nc(C)c3)c3c2CC(C)OC3)ccc1C(F)(F)F. The molecule has 0 radical (unpaired) electrons. The standard InChI is InChI=1S/C23H24F3N3O2/c1-5-30-21-11-17(6-7-19(21)23(24,25)26)29-20-10-15(4)31-12-18(20)22(28-29)16-8-13(2)27-14(3)9-16/h6-9,11,15H,5,10,12H2,1-4H3. The fourth-order valence-corrected chi connectivity index (χ4v) is 3.97. The van der Waals surface area contributed by atoms with Crippen LogP contribution in [0.4, 0.5) is 13.2 Å². The summed E-state index contributed by atoms with van der Waals surface area (Å²) in [7, 11) is 0. The van der Waals surface area contributed by atoms with Crippen molar-refractivity contribution >= 4 is 0 Å². The van der Waals surface area contributed by atoms with Crippen LogP contribution in [0.25, 0.3) is 16.9 Å². The molecule has 31 heavy (non-hydrogen) atoms. The quantitative estimate of drug-likeness (QED) is 0.553. The highest BCUT2D eigenvalue weighted by Crippen LogP contribution is 2.39. The molecular weight excluding hydrogens is 407 g/mol. The number of alkyl halides is 3. The van der Waals surface area contributed by atoms with Crippen molar-refractivity contribution in [2.75, 3.05) is 6.61 Å². The average molecular weight is 431 g/mol. The maximum atomic E-state index is 13.4. The van der Waals surface area contributed by atoms with E-state index in [0.717, 1.165) is 40.0 Å². The van der Waals surface area contributed by atoms with Crippen LogP contribution in [0.1, 0.15) is 42.1 Å². The summed E-state index contributed by atoms with van der Waals surface area (Å²) < 4.78 is 53.1. The predicted molar refractivity (Wildman–Crippen MR) is 110 cm³/mol. The van der Waals surface area contributed by atoms with Gasteiger partial charge in [-0.3, -0.25) is 4.98 Å². The third-order valence-electron chi connectivity index (χ3n) is 5.25. The van der Waals surface area contributed by atoms with Gasteiger partial charge in [0.05, 0.1) is 42.0 Å². The normalized spacial score (nSPS) is 16.3. The number of benzene rings is 1. The Morgan fingerprint density at radius 3 is 2.52 bits per heavy atom. The van der Waals surface area contributed by atoms with Crippen molar-refractivity contribution in [2.45, 2.75) is 53.0 Å². The second-order valence-electron chi connectivity index (χ2n) is 7.76. The maximum absolute atomic E-state index is 13.4. The Bertz CT molecular complexity index is 1100. The molecule has 8 heteroatoms. The minimum Gasteiger partial charge on any atom is -0.493 e. The zero-order valence-electron chi connectivity index (χ0n) is 17.9. The van der Waals surface area contributed by atoms with Crippen LogP contribution in [0.15, 0.2) is 30.3 Å². The zero-order valence-corrected chi connectivity index (χ0v) is 17.9. The van der Waals surface area contributed by atoms with Gasteiger partial charge >= 0.3 is 6.18 Å². The van der Waals surface area contributed by atoms with E-state index < -0.39 is 11.7 Å². The van der Waals surface area contributed by atoms with Crippen LogP contribution >= 0.6 is 0 Å². The summed E-state index contributed by atoms with van der Waals surface area (Å²) in [4.78, 5) is 4.42. The molecule has 0 bridgehead atoms. The van der Waals surface area contributed by atoms with E-state index in [1.54, 1.807) is 11.6 Å². The molecule has 2 aromatic heterocycles. The first kappa shape index (κ1) is 21.4. The second-order valence-corrected chi connectivity index (χ2v) is 7.76. The van der Waals surface area contributed by atoms with Crippen LogP contribution in [0.2, 0.25) is 0 Å². The lowest BCUT2D eigenvalue weighted by Crippen LogP contribution is -2.21. The fraction of sp³-hybridized carbons (Fsp3) is 0.391. The first-order chi connectivity index (χ1) is 14.7. The van der Waals surface area contributed by atoms with Crippen molar-refractivity contribution in [3.8, 4) is 22.7 Å². The zero-order chi connectivity index (χ0) is 22.3. The van der Waals surface area contributed by atoms with Gasteiger partial charge in [-0.25, -0.2) is 4.68 Å². The van der Waals surface area contributed by atoms with Crippen molar-refractivity contribution in [1.29, 1.82) is 0 Å². The topological polar surface area (TPSA) is 49.2 Å². The van der Waals surface area contributed by atoms with Gasteiger partial charge in [-0.1, -0.05) is 0 Å². The third kappa shape index (κ3) is 4.17. The van der Waals surface area contributed by atoms with Gasteiger partial charge in [-0.15, -0.1) is 0 Å². The average Bonchev–Trinajstić information content (AvgIpc) is 3.05. The Kier molecular flexibility index (Phi) is 5.51. The fourth-order valence-electron chi connectivity index (χ4n) is 3.97. The van der Waals surface area contributed by atoms with Gasteiger partial charge in [0.25, 0.3) is 0 Å². The van der Waals surface area contributed by atoms with E-state index in [1.165, 1.54) is 12.1 Å². The molecular formula is C23H24F3N3O2. The van der Waals surface area contributed by atoms with E-state index in [2.05, 4.69) is 4.98 Å². The summed E-state index contributed by atoms with van der Waals surface area (Å²) >= 11 is 0. The number of nitrogens with zero attached hydrogens (tertiary/aromatic N) is 3. The van der Waals surface area contributed by atoms with E-state index in [4.69, 9.17) is 14.6 Å². The molecule has 4 rings (SSSR count). The van der Waals surface area contributed by atoms with Crippen molar-refractivity contribution in [1.82, 2.24) is 14.8 Å². The van der Waals surface area contributed by atoms with Gasteiger partial charge in [0, 0.05) is 35.0 Å². The van der Waals surface area contributed by atoms with Crippen LogP contribution in [-0.4, -0.2) is 27.5 Å². The van der Waals surface area contributed by atoms with E-state index in [9.17, 15) is 13.2 Å². The van der Waals surface area contributed by atoms with E-state index in [-0.39, 0.29) is 18.5 Å². The number of pyridine rings is 1. The number of aryl methyl sites for hydroxylation is 2. The molecule has 0 N–H and O–H groups in total. The van der Waals surface area contributed by atoms with Gasteiger partial charge < -0.3 is 9.47 Å². The molecule has 1 unspecified atom stereocenters. The van der Waals surface area contributed by atoms with Gasteiger partial charge in [0.1, 0.15) is 5.75 Å². The lowest BCUT2D eigenvalue weighted by Gasteiger charge is -2.21. The summed E-state index contributed by atoms with van der Waals surface area (Å²) in [6.07, 6.45) is -3.90. The van der Waals surface area contributed by atoms with Gasteiger partial charge in [0.15, 0.2) is 0 Å². The van der Waals surface area contributed by atoms with Crippen molar-refractivity contribution in [3.05, 3.63) is 58.5 Å². The summed E-state index contributed by atoms with van der Waals surface area (Å²) in [5.41, 5.74) is 5.02. The van der Waals surface area contributed by atoms with Crippen molar-refractivity contribution in [3.63, 3.8) is 0 Å². The monoisotopic (exact) mass is 431 g/mol. The van der Waals surface area contributed by atoms with Gasteiger partial charge in [-0.2, -0.15) is 18.3 Å². The van der Waals surface area contributed by atoms with Crippen LogP contribution in [0.5, 0.6) is 5.75 Å². The van der Waals surface area contributed by atoms with Gasteiger partial charge in [-0.05, 0) is 52.0 Å². The number of ether oxygens (including phenoxy) is 2. The molecule has 164 valence electrons. The number of halogens is 3. The maximum Gasteiger partial charge on any atom is 0.419 e. The molecule has 0 saturated carbocycles. The second kappa shape index (κ2) is 8.00. The molecule has 0 fully saturated rings. The molecule has 3 heterocycles. The summed E-state index contributed by atoms with van der Waals surface area (Å²) in [5, 5.41) is 4.81. The third-order valence-corrected chi connectivity index (χ3v) is 5.25. The first-order valence-electron chi connectivity index (χ1n) is 10.2. The van der Waals surface area contributed by atoms with Crippen molar-refractivity contribution in [2.24, 2.45) is 0 Å². The first-order valence-corrected chi connectivity index (χ1v) is 10.2. The molecule has 1 aliphatic rings.